The third-order valence-corrected chi connectivity index (χ3v) is 3.85. The molecule has 4 nitrogen and oxygen atoms in total. The molecule has 4 heteroatoms. The van der Waals surface area contributed by atoms with Gasteiger partial charge in [0.1, 0.15) is 0 Å². The molecule has 2 unspecified atom stereocenters. The fourth-order valence-corrected chi connectivity index (χ4v) is 2.79. The van der Waals surface area contributed by atoms with E-state index >= 15 is 0 Å². The van der Waals surface area contributed by atoms with Crippen LogP contribution in [0.3, 0.4) is 0 Å². The van der Waals surface area contributed by atoms with E-state index in [1.54, 1.807) is 0 Å². The smallest absolute Gasteiger partial charge is 0.232 e. The summed E-state index contributed by atoms with van der Waals surface area (Å²) in [5, 5.41) is 0. The van der Waals surface area contributed by atoms with Crippen LogP contribution in [0.25, 0.3) is 0 Å². The van der Waals surface area contributed by atoms with E-state index in [1.807, 2.05) is 49.4 Å². The van der Waals surface area contributed by atoms with Crippen LogP contribution >= 0.6 is 0 Å². The summed E-state index contributed by atoms with van der Waals surface area (Å²) in [4.78, 5) is 26.1. The minimum absolute atomic E-state index is 0.165. The van der Waals surface area contributed by atoms with Gasteiger partial charge < -0.3 is 4.74 Å². The van der Waals surface area contributed by atoms with Crippen molar-refractivity contribution in [1.82, 2.24) is 4.90 Å². The summed E-state index contributed by atoms with van der Waals surface area (Å²) in [6.45, 7) is 1.89. The molecule has 2 heterocycles. The number of nitrogens with zero attached hydrogens (tertiary/aromatic N) is 1. The fourth-order valence-electron chi connectivity index (χ4n) is 2.79. The second kappa shape index (κ2) is 5.21. The van der Waals surface area contributed by atoms with Crippen molar-refractivity contribution >= 4 is 11.8 Å². The Labute approximate surface area is 118 Å². The lowest BCUT2D eigenvalue weighted by atomic mass is 10.0. The Bertz CT molecular complexity index is 526. The number of hydrogen-bond donors (Lipinski definition) is 0. The van der Waals surface area contributed by atoms with E-state index in [2.05, 4.69) is 0 Å². The summed E-state index contributed by atoms with van der Waals surface area (Å²) in [6, 6.07) is 9.39. The number of rotatable bonds is 2. The molecule has 1 fully saturated rings. The SMILES string of the molecule is C[C@@H](c1ccccc1)N1C(=O)CC2C=CC(CC1=O)O2. The molecule has 1 saturated heterocycles. The molecular weight excluding hydrogens is 254 g/mol. The van der Waals surface area contributed by atoms with Gasteiger partial charge in [0.05, 0.1) is 31.1 Å². The molecule has 1 aromatic carbocycles. The first-order valence-electron chi connectivity index (χ1n) is 6.89. The van der Waals surface area contributed by atoms with Gasteiger partial charge in [-0.05, 0) is 12.5 Å². The Hall–Kier alpha value is -1.94. The number of imide groups is 1. The molecule has 1 aromatic rings. The second-order valence-corrected chi connectivity index (χ2v) is 5.25. The van der Waals surface area contributed by atoms with E-state index in [1.165, 1.54) is 4.90 Å². The van der Waals surface area contributed by atoms with Crippen molar-refractivity contribution in [1.29, 1.82) is 0 Å². The molecule has 3 rings (SSSR count). The molecule has 104 valence electrons. The Morgan fingerprint density at radius 2 is 1.60 bits per heavy atom. The van der Waals surface area contributed by atoms with Crippen LogP contribution in [-0.2, 0) is 14.3 Å². The Morgan fingerprint density at radius 1 is 1.05 bits per heavy atom. The highest BCUT2D eigenvalue weighted by Crippen LogP contribution is 2.28. The lowest BCUT2D eigenvalue weighted by Crippen LogP contribution is -2.43. The average molecular weight is 271 g/mol. The highest BCUT2D eigenvalue weighted by Gasteiger charge is 2.35. The first kappa shape index (κ1) is 13.1. The maximum atomic E-state index is 12.4. The summed E-state index contributed by atoms with van der Waals surface area (Å²) in [5.41, 5.74) is 0.969. The van der Waals surface area contributed by atoms with Crippen molar-refractivity contribution in [3.63, 3.8) is 0 Å². The zero-order valence-electron chi connectivity index (χ0n) is 11.4. The van der Waals surface area contributed by atoms with Gasteiger partial charge >= 0.3 is 0 Å². The molecule has 0 N–H and O–H groups in total. The van der Waals surface area contributed by atoms with E-state index in [4.69, 9.17) is 4.74 Å². The van der Waals surface area contributed by atoms with Crippen LogP contribution in [0.5, 0.6) is 0 Å². The van der Waals surface area contributed by atoms with Gasteiger partial charge in [0.25, 0.3) is 0 Å². The van der Waals surface area contributed by atoms with Gasteiger partial charge in [0.2, 0.25) is 11.8 Å². The minimum Gasteiger partial charge on any atom is -0.366 e. The van der Waals surface area contributed by atoms with Gasteiger partial charge in [-0.3, -0.25) is 14.5 Å². The predicted octanol–water partition coefficient (Wildman–Crippen LogP) is 2.22. The van der Waals surface area contributed by atoms with Crippen LogP contribution in [-0.4, -0.2) is 28.9 Å². The van der Waals surface area contributed by atoms with Gasteiger partial charge in [-0.25, -0.2) is 0 Å². The van der Waals surface area contributed by atoms with Crippen molar-refractivity contribution in [3.8, 4) is 0 Å². The molecule has 20 heavy (non-hydrogen) atoms. The zero-order valence-corrected chi connectivity index (χ0v) is 11.4. The summed E-state index contributed by atoms with van der Waals surface area (Å²) in [7, 11) is 0. The molecule has 2 bridgehead atoms. The van der Waals surface area contributed by atoms with Crippen LogP contribution in [0.2, 0.25) is 0 Å². The monoisotopic (exact) mass is 271 g/mol. The molecule has 0 aliphatic carbocycles. The van der Waals surface area contributed by atoms with Crippen molar-refractivity contribution in [3.05, 3.63) is 48.0 Å². The van der Waals surface area contributed by atoms with E-state index < -0.39 is 0 Å². The molecule has 0 saturated carbocycles. The van der Waals surface area contributed by atoms with Crippen molar-refractivity contribution in [2.45, 2.75) is 38.0 Å². The maximum absolute atomic E-state index is 12.4. The summed E-state index contributed by atoms with van der Waals surface area (Å²) in [5.74, 6) is -0.331. The van der Waals surface area contributed by atoms with Gasteiger partial charge in [-0.2, -0.15) is 0 Å². The highest BCUT2D eigenvalue weighted by atomic mass is 16.5. The van der Waals surface area contributed by atoms with Crippen molar-refractivity contribution < 1.29 is 14.3 Å². The molecule has 0 spiro atoms. The quantitative estimate of drug-likeness (QED) is 0.612. The molecule has 3 atom stereocenters. The van der Waals surface area contributed by atoms with E-state index in [-0.39, 0.29) is 42.9 Å². The highest BCUT2D eigenvalue weighted by molar-refractivity contribution is 5.96. The first-order chi connectivity index (χ1) is 9.65. The maximum Gasteiger partial charge on any atom is 0.232 e. The first-order valence-corrected chi connectivity index (χ1v) is 6.89. The lowest BCUT2D eigenvalue weighted by molar-refractivity contribution is -0.153. The Balaban J connectivity index is 1.87. The number of carbonyl (C=O) groups excluding carboxylic acids is 2. The topological polar surface area (TPSA) is 46.6 Å². The van der Waals surface area contributed by atoms with Crippen molar-refractivity contribution in [2.24, 2.45) is 0 Å². The third kappa shape index (κ3) is 2.39. The number of hydrogen-bond acceptors (Lipinski definition) is 3. The number of ether oxygens (including phenoxy) is 1. The average Bonchev–Trinajstić information content (AvgIpc) is 2.87. The fraction of sp³-hybridized carbons (Fsp3) is 0.375. The standard InChI is InChI=1S/C16H17NO3/c1-11(12-5-3-2-4-6-12)17-15(18)9-13-7-8-14(20-13)10-16(17)19/h2-8,11,13-14H,9-10H2,1H3/t11-,13?,14?/m0/s1. The minimum atomic E-state index is -0.242. The van der Waals surface area contributed by atoms with E-state index in [0.29, 0.717) is 0 Å². The van der Waals surface area contributed by atoms with Crippen LogP contribution in [0.4, 0.5) is 0 Å². The molecule has 2 aliphatic heterocycles. The summed E-state index contributed by atoms with van der Waals surface area (Å²) in [6.07, 6.45) is 3.85. The van der Waals surface area contributed by atoms with Crippen LogP contribution in [0.15, 0.2) is 42.5 Å². The number of fused-ring (bicyclic) bond motifs is 2. The van der Waals surface area contributed by atoms with Crippen LogP contribution in [0.1, 0.15) is 31.4 Å². The van der Waals surface area contributed by atoms with E-state index in [0.717, 1.165) is 5.56 Å². The summed E-state index contributed by atoms with van der Waals surface area (Å²) >= 11 is 0. The Kier molecular flexibility index (Phi) is 3.40. The van der Waals surface area contributed by atoms with Gasteiger partial charge in [-0.1, -0.05) is 42.5 Å². The zero-order chi connectivity index (χ0) is 14.1. The van der Waals surface area contributed by atoms with Gasteiger partial charge in [0, 0.05) is 0 Å². The molecule has 0 radical (unpaired) electrons. The molecule has 2 amide bonds. The normalized spacial score (nSPS) is 27.4. The molecule has 0 aromatic heterocycles. The van der Waals surface area contributed by atoms with Crippen LogP contribution in [0, 0.1) is 0 Å². The molecule has 2 aliphatic rings. The van der Waals surface area contributed by atoms with Crippen molar-refractivity contribution in [2.75, 3.05) is 0 Å². The Morgan fingerprint density at radius 3 is 2.15 bits per heavy atom. The summed E-state index contributed by atoms with van der Waals surface area (Å²) < 4.78 is 5.60. The van der Waals surface area contributed by atoms with Crippen LogP contribution < -0.4 is 0 Å². The largest absolute Gasteiger partial charge is 0.366 e. The molecular formula is C16H17NO3. The number of carbonyl (C=O) groups is 2. The predicted molar refractivity (Wildman–Crippen MR) is 73.7 cm³/mol. The third-order valence-electron chi connectivity index (χ3n) is 3.85. The number of amides is 2. The van der Waals surface area contributed by atoms with Gasteiger partial charge in [-0.15, -0.1) is 0 Å². The van der Waals surface area contributed by atoms with E-state index in [9.17, 15) is 9.59 Å². The second-order valence-electron chi connectivity index (χ2n) is 5.25. The number of benzene rings is 1. The van der Waals surface area contributed by atoms with Gasteiger partial charge in [0.15, 0.2) is 0 Å². The lowest BCUT2D eigenvalue weighted by Gasteiger charge is -2.31.